The minimum atomic E-state index is 0.284. The summed E-state index contributed by atoms with van der Waals surface area (Å²) in [5.41, 5.74) is 2.11. The molecule has 10 atom stereocenters. The summed E-state index contributed by atoms with van der Waals surface area (Å²) in [6, 6.07) is 2.73. The third kappa shape index (κ3) is 1.40. The van der Waals surface area contributed by atoms with Gasteiger partial charge in [0.1, 0.15) is 0 Å². The summed E-state index contributed by atoms with van der Waals surface area (Å²) in [7, 11) is 0. The summed E-state index contributed by atoms with van der Waals surface area (Å²) in [6.45, 7) is 4.95. The van der Waals surface area contributed by atoms with E-state index >= 15 is 0 Å². The molecule has 6 aliphatic rings. The Hall–Kier alpha value is -1.10. The van der Waals surface area contributed by atoms with Crippen LogP contribution in [-0.2, 0) is 4.79 Å². The number of nitriles is 1. The lowest BCUT2D eigenvalue weighted by Gasteiger charge is -2.58. The quantitative estimate of drug-likeness (QED) is 0.665. The van der Waals surface area contributed by atoms with Crippen molar-refractivity contribution in [2.24, 2.45) is 58.2 Å². The maximum absolute atomic E-state index is 12.0. The fraction of sp³-hybridized carbons (Fsp3) is 0.818. The van der Waals surface area contributed by atoms with Crippen molar-refractivity contribution in [3.63, 3.8) is 0 Å². The van der Waals surface area contributed by atoms with Crippen LogP contribution in [0, 0.1) is 69.5 Å². The third-order valence-corrected chi connectivity index (χ3v) is 9.68. The second-order valence-electron chi connectivity index (χ2n) is 10.4. The Balaban J connectivity index is 1.45. The summed E-state index contributed by atoms with van der Waals surface area (Å²) in [4.78, 5) is 12.0. The zero-order chi connectivity index (χ0) is 16.4. The minimum Gasteiger partial charge on any atom is -0.295 e. The zero-order valence-corrected chi connectivity index (χ0v) is 14.8. The van der Waals surface area contributed by atoms with E-state index in [0.29, 0.717) is 23.0 Å². The van der Waals surface area contributed by atoms with Crippen LogP contribution in [0.15, 0.2) is 11.6 Å². The van der Waals surface area contributed by atoms with Gasteiger partial charge in [-0.15, -0.1) is 0 Å². The molecule has 0 aliphatic heterocycles. The molecule has 2 nitrogen and oxygen atoms in total. The van der Waals surface area contributed by atoms with Crippen LogP contribution in [0.25, 0.3) is 0 Å². The second-order valence-corrected chi connectivity index (χ2v) is 10.4. The van der Waals surface area contributed by atoms with Crippen LogP contribution in [0.2, 0.25) is 0 Å². The molecule has 5 fully saturated rings. The van der Waals surface area contributed by atoms with Crippen molar-refractivity contribution in [2.75, 3.05) is 0 Å². The van der Waals surface area contributed by atoms with E-state index in [9.17, 15) is 10.1 Å². The Kier molecular flexibility index (Phi) is 2.35. The number of fused-ring (bicyclic) bond motifs is 10. The number of rotatable bonds is 0. The number of ketones is 1. The Morgan fingerprint density at radius 3 is 2.79 bits per heavy atom. The molecule has 0 bridgehead atoms. The predicted octanol–water partition coefficient (Wildman–Crippen LogP) is 4.37. The average molecular weight is 321 g/mol. The minimum absolute atomic E-state index is 0.284. The number of allylic oxidation sites excluding steroid dienone is 1. The first-order chi connectivity index (χ1) is 11.5. The van der Waals surface area contributed by atoms with Gasteiger partial charge in [0, 0.05) is 6.42 Å². The number of carbonyl (C=O) groups excluding carboxylic acids is 1. The molecule has 6 aliphatic carbocycles. The molecule has 5 saturated carbocycles. The monoisotopic (exact) mass is 321 g/mol. The Bertz CT molecular complexity index is 731. The van der Waals surface area contributed by atoms with Crippen molar-refractivity contribution in [1.29, 1.82) is 5.26 Å². The van der Waals surface area contributed by atoms with E-state index in [1.165, 1.54) is 31.3 Å². The van der Waals surface area contributed by atoms with E-state index in [2.05, 4.69) is 26.0 Å². The SMILES string of the molecule is C[C@]12CC[C@H]3[C@@H]([C@@H]4C[C@@H]4C4=CC(=O)CC[C@@]43C)[C@@H]1[C@@H]1C[C@@H]1[C@@H]2C#N. The molecule has 24 heavy (non-hydrogen) atoms. The number of nitrogens with zero attached hydrogens (tertiary/aromatic N) is 1. The van der Waals surface area contributed by atoms with Gasteiger partial charge in [-0.2, -0.15) is 5.26 Å². The van der Waals surface area contributed by atoms with Gasteiger partial charge in [0.05, 0.1) is 12.0 Å². The Labute approximate surface area is 144 Å². The number of hydrogen-bond donors (Lipinski definition) is 0. The van der Waals surface area contributed by atoms with E-state index in [1.807, 2.05) is 0 Å². The molecule has 0 unspecified atom stereocenters. The molecule has 0 aromatic heterocycles. The first-order valence-corrected chi connectivity index (χ1v) is 10.1. The van der Waals surface area contributed by atoms with Crippen LogP contribution in [0.4, 0.5) is 0 Å². The van der Waals surface area contributed by atoms with E-state index in [4.69, 9.17) is 0 Å². The van der Waals surface area contributed by atoms with Gasteiger partial charge < -0.3 is 0 Å². The first-order valence-electron chi connectivity index (χ1n) is 10.1. The van der Waals surface area contributed by atoms with Crippen molar-refractivity contribution < 1.29 is 4.79 Å². The first kappa shape index (κ1) is 14.1. The highest BCUT2D eigenvalue weighted by Crippen LogP contribution is 2.79. The molecule has 0 aromatic rings. The van der Waals surface area contributed by atoms with Gasteiger partial charge in [-0.3, -0.25) is 4.79 Å². The molecule has 6 rings (SSSR count). The molecule has 2 heteroatoms. The summed E-state index contributed by atoms with van der Waals surface area (Å²) < 4.78 is 0. The van der Waals surface area contributed by atoms with E-state index in [-0.39, 0.29) is 5.41 Å². The summed E-state index contributed by atoms with van der Waals surface area (Å²) >= 11 is 0. The normalized spacial score (nSPS) is 62.2. The summed E-state index contributed by atoms with van der Waals surface area (Å²) in [5.74, 6) is 6.24. The van der Waals surface area contributed by atoms with Gasteiger partial charge >= 0.3 is 0 Å². The van der Waals surface area contributed by atoms with Gasteiger partial charge in [-0.05, 0) is 90.4 Å². The maximum Gasteiger partial charge on any atom is 0.155 e. The summed E-state index contributed by atoms with van der Waals surface area (Å²) in [5, 5.41) is 9.81. The molecule has 0 heterocycles. The molecule has 0 saturated heterocycles. The maximum atomic E-state index is 12.0. The van der Waals surface area contributed by atoms with Crippen LogP contribution in [0.5, 0.6) is 0 Å². The molecular weight excluding hydrogens is 294 g/mol. The fourth-order valence-corrected chi connectivity index (χ4v) is 8.59. The Morgan fingerprint density at radius 2 is 2.00 bits per heavy atom. The van der Waals surface area contributed by atoms with Crippen LogP contribution < -0.4 is 0 Å². The topological polar surface area (TPSA) is 40.9 Å². The van der Waals surface area contributed by atoms with Crippen LogP contribution in [0.3, 0.4) is 0 Å². The van der Waals surface area contributed by atoms with Crippen molar-refractivity contribution >= 4 is 5.78 Å². The van der Waals surface area contributed by atoms with Crippen molar-refractivity contribution in [2.45, 2.75) is 52.4 Å². The molecular formula is C22H27NO. The van der Waals surface area contributed by atoms with Crippen LogP contribution in [0.1, 0.15) is 52.4 Å². The highest BCUT2D eigenvalue weighted by atomic mass is 16.1. The van der Waals surface area contributed by atoms with Gasteiger partial charge in [0.15, 0.2) is 5.78 Å². The van der Waals surface area contributed by atoms with Crippen LogP contribution >= 0.6 is 0 Å². The van der Waals surface area contributed by atoms with Crippen molar-refractivity contribution in [3.8, 4) is 6.07 Å². The van der Waals surface area contributed by atoms with E-state index in [0.717, 1.165) is 48.3 Å². The van der Waals surface area contributed by atoms with Crippen molar-refractivity contribution in [1.82, 2.24) is 0 Å². The van der Waals surface area contributed by atoms with Gasteiger partial charge in [0.2, 0.25) is 0 Å². The fourth-order valence-electron chi connectivity index (χ4n) is 8.59. The lowest BCUT2D eigenvalue weighted by Crippen LogP contribution is -2.52. The largest absolute Gasteiger partial charge is 0.295 e. The molecule has 0 amide bonds. The van der Waals surface area contributed by atoms with E-state index in [1.54, 1.807) is 0 Å². The smallest absolute Gasteiger partial charge is 0.155 e. The molecule has 0 aromatic carbocycles. The number of carbonyl (C=O) groups is 1. The van der Waals surface area contributed by atoms with Crippen LogP contribution in [-0.4, -0.2) is 5.78 Å². The van der Waals surface area contributed by atoms with Crippen molar-refractivity contribution in [3.05, 3.63) is 11.6 Å². The Morgan fingerprint density at radius 1 is 1.17 bits per heavy atom. The second kappa shape index (κ2) is 4.00. The van der Waals surface area contributed by atoms with Gasteiger partial charge in [-0.25, -0.2) is 0 Å². The van der Waals surface area contributed by atoms with E-state index < -0.39 is 0 Å². The standard InChI is InChI=1S/C22H27NO/c1-21-5-3-11(24)7-17(21)12-8-14(12)19-16(21)4-6-22(2)18(10-23)13-9-15(13)20(19)22/h7,12-16,18-20H,3-6,8-9H2,1-2H3/t12-,13-,14+,15+,16-,18-,19+,20-,21+,22+/m0/s1. The number of hydrogen-bond acceptors (Lipinski definition) is 2. The zero-order valence-electron chi connectivity index (χ0n) is 14.8. The van der Waals surface area contributed by atoms with Gasteiger partial charge in [0.25, 0.3) is 0 Å². The van der Waals surface area contributed by atoms with Gasteiger partial charge in [-0.1, -0.05) is 19.4 Å². The average Bonchev–Trinajstić information content (AvgIpc) is 3.44. The lowest BCUT2D eigenvalue weighted by molar-refractivity contribution is -0.118. The molecule has 0 spiro atoms. The molecule has 126 valence electrons. The third-order valence-electron chi connectivity index (χ3n) is 9.68. The molecule has 0 N–H and O–H groups in total. The summed E-state index contributed by atoms with van der Waals surface area (Å²) in [6.07, 6.45) is 9.11. The predicted molar refractivity (Wildman–Crippen MR) is 90.5 cm³/mol. The highest BCUT2D eigenvalue weighted by molar-refractivity contribution is 5.92. The lowest BCUT2D eigenvalue weighted by atomic mass is 9.46. The molecule has 0 radical (unpaired) electrons. The highest BCUT2D eigenvalue weighted by Gasteiger charge is 2.74.